The van der Waals surface area contributed by atoms with Gasteiger partial charge in [-0.25, -0.2) is 0 Å². The third-order valence-corrected chi connectivity index (χ3v) is 6.41. The molecular formula is C27H30F6. The van der Waals surface area contributed by atoms with E-state index in [1.165, 1.54) is 38.1 Å². The molecule has 6 heteroatoms. The molecule has 0 amide bonds. The van der Waals surface area contributed by atoms with Gasteiger partial charge in [0.15, 0.2) is 0 Å². The van der Waals surface area contributed by atoms with Crippen molar-refractivity contribution in [3.8, 4) is 0 Å². The molecule has 0 unspecified atom stereocenters. The summed E-state index contributed by atoms with van der Waals surface area (Å²) in [6, 6.07) is 9.13. The van der Waals surface area contributed by atoms with Gasteiger partial charge in [0, 0.05) is 11.1 Å². The maximum absolute atomic E-state index is 15.3. The van der Waals surface area contributed by atoms with Gasteiger partial charge in [0.25, 0.3) is 0 Å². The summed E-state index contributed by atoms with van der Waals surface area (Å²) < 4.78 is 90.7. The van der Waals surface area contributed by atoms with E-state index in [0.29, 0.717) is 11.1 Å². The predicted octanol–water partition coefficient (Wildman–Crippen LogP) is 8.73. The van der Waals surface area contributed by atoms with Crippen molar-refractivity contribution in [3.05, 3.63) is 69.8 Å². The smallest absolute Gasteiger partial charge is 0.194 e. The number of aryl methyl sites for hydroxylation is 2. The zero-order valence-corrected chi connectivity index (χ0v) is 20.2. The van der Waals surface area contributed by atoms with Crippen molar-refractivity contribution in [2.75, 3.05) is 0 Å². The fraction of sp³-hybridized carbons (Fsp3) is 0.481. The monoisotopic (exact) mass is 468 g/mol. The van der Waals surface area contributed by atoms with Crippen LogP contribution in [-0.4, -0.2) is 17.8 Å². The van der Waals surface area contributed by atoms with Crippen LogP contribution in [0.3, 0.4) is 0 Å². The third kappa shape index (κ3) is 3.79. The van der Waals surface area contributed by atoms with E-state index in [-0.39, 0.29) is 22.3 Å². The molecule has 2 aromatic carbocycles. The average molecular weight is 469 g/mol. The summed E-state index contributed by atoms with van der Waals surface area (Å²) in [6.45, 7) is 14.0. The van der Waals surface area contributed by atoms with E-state index >= 15 is 17.6 Å². The van der Waals surface area contributed by atoms with Crippen molar-refractivity contribution in [3.63, 3.8) is 0 Å². The summed E-state index contributed by atoms with van der Waals surface area (Å²) in [5, 5.41) is 0. The highest BCUT2D eigenvalue weighted by Crippen LogP contribution is 2.65. The van der Waals surface area contributed by atoms with Crippen LogP contribution in [0, 0.1) is 13.8 Å². The molecule has 0 saturated heterocycles. The summed E-state index contributed by atoms with van der Waals surface area (Å²) in [6.07, 6.45) is 0. The minimum absolute atomic E-state index is 0.230. The van der Waals surface area contributed by atoms with Crippen molar-refractivity contribution < 1.29 is 26.3 Å². The molecule has 33 heavy (non-hydrogen) atoms. The van der Waals surface area contributed by atoms with Gasteiger partial charge in [-0.2, -0.15) is 26.3 Å². The SMILES string of the molecule is Cc1ccc(C(C)(C)C)cc1C1=C(c2cc(C(C)(C)C)ccc2C)C(F)(F)C(F)(F)C1(F)F. The maximum Gasteiger partial charge on any atom is 0.380 e. The topological polar surface area (TPSA) is 0 Å². The Morgan fingerprint density at radius 3 is 1.12 bits per heavy atom. The van der Waals surface area contributed by atoms with Gasteiger partial charge in [-0.05, 0) is 58.1 Å². The summed E-state index contributed by atoms with van der Waals surface area (Å²) in [5.74, 6) is -15.7. The van der Waals surface area contributed by atoms with Gasteiger partial charge in [0.1, 0.15) is 0 Å². The minimum atomic E-state index is -5.57. The number of alkyl halides is 6. The largest absolute Gasteiger partial charge is 0.380 e. The van der Waals surface area contributed by atoms with Crippen LogP contribution in [-0.2, 0) is 10.8 Å². The lowest BCUT2D eigenvalue weighted by Crippen LogP contribution is -2.49. The molecule has 0 atom stereocenters. The number of halogens is 6. The van der Waals surface area contributed by atoms with Crippen LogP contribution >= 0.6 is 0 Å². The lowest BCUT2D eigenvalue weighted by molar-refractivity contribution is -0.254. The molecule has 180 valence electrons. The van der Waals surface area contributed by atoms with Crippen molar-refractivity contribution in [2.45, 2.75) is 84.0 Å². The van der Waals surface area contributed by atoms with E-state index in [1.54, 1.807) is 12.1 Å². The van der Waals surface area contributed by atoms with Gasteiger partial charge >= 0.3 is 17.8 Å². The van der Waals surface area contributed by atoms with Gasteiger partial charge in [0.05, 0.1) is 0 Å². The number of hydrogen-bond donors (Lipinski definition) is 0. The summed E-state index contributed by atoms with van der Waals surface area (Å²) in [5.41, 5.74) is -2.50. The van der Waals surface area contributed by atoms with Gasteiger partial charge in [-0.3, -0.25) is 0 Å². The molecule has 2 aromatic rings. The van der Waals surface area contributed by atoms with Crippen LogP contribution < -0.4 is 0 Å². The standard InChI is InChI=1S/C27H30F6/c1-15-9-11-17(23(3,4)5)13-19(15)21-22(26(30,31)27(32,33)25(21,28)29)20-14-18(24(6,7)8)12-10-16(20)2/h9-14H,1-8H3. The molecule has 0 saturated carbocycles. The Bertz CT molecular complexity index is 1040. The number of rotatable bonds is 2. The summed E-state index contributed by atoms with van der Waals surface area (Å²) in [4.78, 5) is 0. The fourth-order valence-electron chi connectivity index (χ4n) is 4.15. The molecule has 3 rings (SSSR count). The molecule has 0 aliphatic heterocycles. The third-order valence-electron chi connectivity index (χ3n) is 6.41. The second-order valence-electron chi connectivity index (χ2n) is 11.0. The minimum Gasteiger partial charge on any atom is -0.194 e. The van der Waals surface area contributed by atoms with Crippen molar-refractivity contribution in [1.82, 2.24) is 0 Å². The second kappa shape index (κ2) is 7.38. The highest BCUT2D eigenvalue weighted by atomic mass is 19.3. The molecule has 0 spiro atoms. The van der Waals surface area contributed by atoms with Gasteiger partial charge in [-0.15, -0.1) is 0 Å². The highest BCUT2D eigenvalue weighted by molar-refractivity contribution is 6.02. The van der Waals surface area contributed by atoms with E-state index in [0.717, 1.165) is 0 Å². The molecule has 0 bridgehead atoms. The Labute approximate surface area is 191 Å². The Morgan fingerprint density at radius 1 is 0.545 bits per heavy atom. The molecule has 0 nitrogen and oxygen atoms in total. The van der Waals surface area contributed by atoms with Crippen molar-refractivity contribution in [1.29, 1.82) is 0 Å². The number of hydrogen-bond acceptors (Lipinski definition) is 0. The zero-order chi connectivity index (χ0) is 25.4. The van der Waals surface area contributed by atoms with Crippen LogP contribution in [0.25, 0.3) is 11.1 Å². The molecule has 0 N–H and O–H groups in total. The van der Waals surface area contributed by atoms with E-state index in [2.05, 4.69) is 0 Å². The van der Waals surface area contributed by atoms with Crippen LogP contribution in [0.15, 0.2) is 36.4 Å². The number of allylic oxidation sites excluding steroid dienone is 2. The predicted molar refractivity (Wildman–Crippen MR) is 121 cm³/mol. The highest BCUT2D eigenvalue weighted by Gasteiger charge is 2.80. The van der Waals surface area contributed by atoms with E-state index in [4.69, 9.17) is 0 Å². The van der Waals surface area contributed by atoms with Crippen LogP contribution in [0.1, 0.15) is 74.9 Å². The maximum atomic E-state index is 15.3. The van der Waals surface area contributed by atoms with Crippen LogP contribution in [0.5, 0.6) is 0 Å². The normalized spacial score (nSPS) is 19.8. The van der Waals surface area contributed by atoms with Crippen molar-refractivity contribution in [2.24, 2.45) is 0 Å². The molecule has 1 aliphatic carbocycles. The first-order chi connectivity index (χ1) is 14.7. The van der Waals surface area contributed by atoms with E-state index in [1.807, 2.05) is 41.5 Å². The van der Waals surface area contributed by atoms with Crippen molar-refractivity contribution >= 4 is 11.1 Å². The lowest BCUT2D eigenvalue weighted by Gasteiger charge is -2.27. The molecular weight excluding hydrogens is 438 g/mol. The summed E-state index contributed by atoms with van der Waals surface area (Å²) in [7, 11) is 0. The molecule has 0 aromatic heterocycles. The van der Waals surface area contributed by atoms with E-state index < -0.39 is 39.7 Å². The quantitative estimate of drug-likeness (QED) is 0.387. The molecule has 0 radical (unpaired) electrons. The van der Waals surface area contributed by atoms with Gasteiger partial charge in [-0.1, -0.05) is 77.9 Å². The fourth-order valence-corrected chi connectivity index (χ4v) is 4.15. The van der Waals surface area contributed by atoms with Gasteiger partial charge in [0.2, 0.25) is 0 Å². The average Bonchev–Trinajstić information content (AvgIpc) is 2.75. The first kappa shape index (κ1) is 25.4. The Morgan fingerprint density at radius 2 is 0.848 bits per heavy atom. The Balaban J connectivity index is 2.51. The first-order valence-corrected chi connectivity index (χ1v) is 10.9. The molecule has 1 aliphatic rings. The number of benzene rings is 2. The van der Waals surface area contributed by atoms with Crippen LogP contribution in [0.4, 0.5) is 26.3 Å². The van der Waals surface area contributed by atoms with Gasteiger partial charge < -0.3 is 0 Å². The first-order valence-electron chi connectivity index (χ1n) is 10.9. The van der Waals surface area contributed by atoms with Crippen LogP contribution in [0.2, 0.25) is 0 Å². The van der Waals surface area contributed by atoms with E-state index in [9.17, 15) is 8.78 Å². The Hall–Kier alpha value is -2.24. The summed E-state index contributed by atoms with van der Waals surface area (Å²) >= 11 is 0. The molecule has 0 fully saturated rings. The Kier molecular flexibility index (Phi) is 5.68. The lowest BCUT2D eigenvalue weighted by atomic mass is 9.81. The zero-order valence-electron chi connectivity index (χ0n) is 20.2. The second-order valence-corrected chi connectivity index (χ2v) is 11.0. The molecule has 0 heterocycles.